The lowest BCUT2D eigenvalue weighted by molar-refractivity contribution is 0.102. The van der Waals surface area contributed by atoms with E-state index in [1.54, 1.807) is 42.5 Å². The summed E-state index contributed by atoms with van der Waals surface area (Å²) in [7, 11) is 0. The zero-order valence-corrected chi connectivity index (χ0v) is 16.8. The van der Waals surface area contributed by atoms with Crippen LogP contribution in [-0.4, -0.2) is 17.1 Å². The number of hydrogen-bond donors (Lipinski definition) is 1. The van der Waals surface area contributed by atoms with Gasteiger partial charge < -0.3 is 14.5 Å². The largest absolute Gasteiger partial charge is 0.494 e. The minimum atomic E-state index is -0.449. The van der Waals surface area contributed by atoms with Gasteiger partial charge >= 0.3 is 5.76 Å². The predicted octanol–water partition coefficient (Wildman–Crippen LogP) is 4.60. The lowest BCUT2D eigenvalue weighted by Crippen LogP contribution is -2.15. The second-order valence-electron chi connectivity index (χ2n) is 7.03. The van der Waals surface area contributed by atoms with Gasteiger partial charge in [-0.3, -0.25) is 9.36 Å². The predicted molar refractivity (Wildman–Crippen MR) is 116 cm³/mol. The maximum atomic E-state index is 12.7. The molecule has 1 aromatic heterocycles. The molecule has 6 heteroatoms. The number of hydrogen-bond acceptors (Lipinski definition) is 4. The summed E-state index contributed by atoms with van der Waals surface area (Å²) in [4.78, 5) is 25.1. The molecule has 152 valence electrons. The van der Waals surface area contributed by atoms with Crippen LogP contribution in [0.15, 0.2) is 75.9 Å². The average molecular weight is 402 g/mol. The van der Waals surface area contributed by atoms with Crippen molar-refractivity contribution in [3.63, 3.8) is 0 Å². The fraction of sp³-hybridized carbons (Fsp3) is 0.167. The van der Waals surface area contributed by atoms with Crippen molar-refractivity contribution >= 4 is 22.7 Å². The molecule has 0 saturated heterocycles. The van der Waals surface area contributed by atoms with Gasteiger partial charge in [0.15, 0.2) is 5.58 Å². The summed E-state index contributed by atoms with van der Waals surface area (Å²) in [6.45, 7) is 4.88. The van der Waals surface area contributed by atoms with Crippen LogP contribution in [0.2, 0.25) is 0 Å². The van der Waals surface area contributed by atoms with E-state index < -0.39 is 5.76 Å². The molecule has 1 heterocycles. The highest BCUT2D eigenvalue weighted by atomic mass is 16.5. The Kier molecular flexibility index (Phi) is 5.39. The smallest absolute Gasteiger partial charge is 0.420 e. The highest BCUT2D eigenvalue weighted by Gasteiger charge is 2.14. The van der Waals surface area contributed by atoms with E-state index in [4.69, 9.17) is 9.15 Å². The van der Waals surface area contributed by atoms with Crippen molar-refractivity contribution in [3.8, 4) is 5.75 Å². The topological polar surface area (TPSA) is 73.5 Å². The molecule has 0 aliphatic rings. The number of oxazole rings is 1. The third-order valence-corrected chi connectivity index (χ3v) is 4.81. The Morgan fingerprint density at radius 3 is 2.47 bits per heavy atom. The van der Waals surface area contributed by atoms with Crippen molar-refractivity contribution in [1.29, 1.82) is 0 Å². The molecule has 0 spiro atoms. The number of rotatable bonds is 6. The number of carbonyl (C=O) groups excluding carboxylic acids is 1. The van der Waals surface area contributed by atoms with Gasteiger partial charge in [-0.1, -0.05) is 29.8 Å². The van der Waals surface area contributed by atoms with Gasteiger partial charge in [-0.2, -0.15) is 0 Å². The molecule has 0 unspecified atom stereocenters. The first-order valence-corrected chi connectivity index (χ1v) is 9.76. The summed E-state index contributed by atoms with van der Waals surface area (Å²) in [6, 6.07) is 20.1. The van der Waals surface area contributed by atoms with Crippen molar-refractivity contribution in [2.24, 2.45) is 0 Å². The van der Waals surface area contributed by atoms with Crippen molar-refractivity contribution in [3.05, 3.63) is 94.0 Å². The van der Waals surface area contributed by atoms with Gasteiger partial charge in [0.05, 0.1) is 18.7 Å². The molecule has 0 radical (unpaired) electrons. The van der Waals surface area contributed by atoms with Gasteiger partial charge in [-0.05, 0) is 61.9 Å². The molecule has 0 aliphatic heterocycles. The Labute approximate surface area is 173 Å². The number of amides is 1. The normalized spacial score (nSPS) is 10.9. The molecule has 30 heavy (non-hydrogen) atoms. The quantitative estimate of drug-likeness (QED) is 0.511. The number of aryl methyl sites for hydroxylation is 1. The minimum Gasteiger partial charge on any atom is -0.494 e. The zero-order valence-electron chi connectivity index (χ0n) is 16.8. The first-order valence-electron chi connectivity index (χ1n) is 9.76. The summed E-state index contributed by atoms with van der Waals surface area (Å²) in [6.07, 6.45) is 0. The van der Waals surface area contributed by atoms with Gasteiger partial charge in [-0.25, -0.2) is 4.79 Å². The second-order valence-corrected chi connectivity index (χ2v) is 7.03. The van der Waals surface area contributed by atoms with Crippen LogP contribution < -0.4 is 15.8 Å². The van der Waals surface area contributed by atoms with Crippen LogP contribution in [0.5, 0.6) is 5.75 Å². The number of benzene rings is 3. The number of nitrogens with one attached hydrogen (secondary N) is 1. The molecular formula is C24H22N2O4. The standard InChI is InChI=1S/C24H22N2O4/c1-3-29-20-11-9-19(10-12-20)25-23(27)18-8-13-22-21(14-18)26(24(28)30-22)15-17-6-4-16(2)5-7-17/h4-14H,3,15H2,1-2H3,(H,25,27). The Balaban J connectivity index is 1.59. The Morgan fingerprint density at radius 2 is 1.77 bits per heavy atom. The molecule has 0 bridgehead atoms. The molecule has 0 fully saturated rings. The summed E-state index contributed by atoms with van der Waals surface area (Å²) in [5.74, 6) is 0.0293. The minimum absolute atomic E-state index is 0.267. The van der Waals surface area contributed by atoms with Crippen LogP contribution in [0.1, 0.15) is 28.4 Å². The Morgan fingerprint density at radius 1 is 1.03 bits per heavy atom. The number of fused-ring (bicyclic) bond motifs is 1. The summed E-state index contributed by atoms with van der Waals surface area (Å²) in [5, 5.41) is 2.86. The average Bonchev–Trinajstić information content (AvgIpc) is 3.05. The number of aromatic nitrogens is 1. The molecule has 0 aliphatic carbocycles. The molecule has 3 aromatic carbocycles. The monoisotopic (exact) mass is 402 g/mol. The number of anilines is 1. The molecule has 4 aromatic rings. The van der Waals surface area contributed by atoms with Crippen LogP contribution in [0, 0.1) is 6.92 Å². The molecule has 0 atom stereocenters. The number of nitrogens with zero attached hydrogens (tertiary/aromatic N) is 1. The van der Waals surface area contributed by atoms with E-state index >= 15 is 0 Å². The SMILES string of the molecule is CCOc1ccc(NC(=O)c2ccc3oc(=O)n(Cc4ccc(C)cc4)c3c2)cc1. The first kappa shape index (κ1) is 19.5. The fourth-order valence-electron chi connectivity index (χ4n) is 3.23. The summed E-state index contributed by atoms with van der Waals surface area (Å²) < 4.78 is 12.3. The van der Waals surface area contributed by atoms with Crippen molar-refractivity contribution in [2.75, 3.05) is 11.9 Å². The van der Waals surface area contributed by atoms with Crippen LogP contribution in [0.25, 0.3) is 11.1 Å². The van der Waals surface area contributed by atoms with E-state index in [9.17, 15) is 9.59 Å². The number of carbonyl (C=O) groups is 1. The van der Waals surface area contributed by atoms with E-state index in [1.807, 2.05) is 38.1 Å². The van der Waals surface area contributed by atoms with Gasteiger partial charge in [0, 0.05) is 11.3 Å². The Hall–Kier alpha value is -3.80. The third kappa shape index (κ3) is 4.12. The lowest BCUT2D eigenvalue weighted by atomic mass is 10.1. The lowest BCUT2D eigenvalue weighted by Gasteiger charge is -2.08. The van der Waals surface area contributed by atoms with Gasteiger partial charge in [0.1, 0.15) is 5.75 Å². The summed E-state index contributed by atoms with van der Waals surface area (Å²) >= 11 is 0. The van der Waals surface area contributed by atoms with E-state index in [0.29, 0.717) is 35.5 Å². The van der Waals surface area contributed by atoms with Gasteiger partial charge in [0.25, 0.3) is 5.91 Å². The van der Waals surface area contributed by atoms with Crippen LogP contribution in [0.3, 0.4) is 0 Å². The zero-order chi connectivity index (χ0) is 21.1. The molecule has 1 amide bonds. The van der Waals surface area contributed by atoms with Gasteiger partial charge in [0.2, 0.25) is 0 Å². The highest BCUT2D eigenvalue weighted by Crippen LogP contribution is 2.20. The van der Waals surface area contributed by atoms with Gasteiger partial charge in [-0.15, -0.1) is 0 Å². The van der Waals surface area contributed by atoms with Crippen LogP contribution in [0.4, 0.5) is 5.69 Å². The Bertz CT molecular complexity index is 1240. The maximum Gasteiger partial charge on any atom is 0.420 e. The van der Waals surface area contributed by atoms with Crippen molar-refractivity contribution in [2.45, 2.75) is 20.4 Å². The molecule has 1 N–H and O–H groups in total. The van der Waals surface area contributed by atoms with Crippen molar-refractivity contribution in [1.82, 2.24) is 4.57 Å². The second kappa shape index (κ2) is 8.29. The number of ether oxygens (including phenoxy) is 1. The third-order valence-electron chi connectivity index (χ3n) is 4.81. The van der Waals surface area contributed by atoms with E-state index in [1.165, 1.54) is 4.57 Å². The molecule has 4 rings (SSSR count). The molecule has 0 saturated carbocycles. The molecular weight excluding hydrogens is 380 g/mol. The highest BCUT2D eigenvalue weighted by molar-refractivity contribution is 6.05. The van der Waals surface area contributed by atoms with Crippen LogP contribution in [-0.2, 0) is 6.54 Å². The maximum absolute atomic E-state index is 12.7. The first-order chi connectivity index (χ1) is 14.5. The van der Waals surface area contributed by atoms with E-state index in [2.05, 4.69) is 5.32 Å². The van der Waals surface area contributed by atoms with E-state index in [0.717, 1.165) is 16.9 Å². The molecule has 6 nitrogen and oxygen atoms in total. The fourth-order valence-corrected chi connectivity index (χ4v) is 3.23. The van der Waals surface area contributed by atoms with Crippen molar-refractivity contribution < 1.29 is 13.9 Å². The van der Waals surface area contributed by atoms with E-state index in [-0.39, 0.29) is 5.91 Å². The summed E-state index contributed by atoms with van der Waals surface area (Å²) in [5.41, 5.74) is 4.26. The van der Waals surface area contributed by atoms with Crippen LogP contribution >= 0.6 is 0 Å².